The average molecular weight is 378 g/mol. The van der Waals surface area contributed by atoms with Gasteiger partial charge in [0.05, 0.1) is 13.2 Å². The predicted molar refractivity (Wildman–Crippen MR) is 94.1 cm³/mol. The number of carbonyl (C=O) groups is 1. The first-order chi connectivity index (χ1) is 13.2. The highest BCUT2D eigenvalue weighted by Gasteiger charge is 2.24. The molecule has 0 aromatic carbocycles. The molecule has 148 valence electrons. The van der Waals surface area contributed by atoms with Gasteiger partial charge in [0.2, 0.25) is 23.4 Å². The predicted octanol–water partition coefficient (Wildman–Crippen LogP) is 3.46. The van der Waals surface area contributed by atoms with Crippen molar-refractivity contribution in [2.45, 2.75) is 63.7 Å². The zero-order chi connectivity index (χ0) is 19.1. The fraction of sp³-hybridized carbons (Fsp3) is 0.667. The van der Waals surface area contributed by atoms with Gasteiger partial charge in [-0.3, -0.25) is 10.0 Å². The number of hydrogen-bond donors (Lipinski definition) is 2. The normalized spacial score (nSPS) is 16.2. The lowest BCUT2D eigenvalue weighted by Crippen LogP contribution is -2.21. The maximum absolute atomic E-state index is 11.7. The van der Waals surface area contributed by atoms with Crippen LogP contribution in [0, 0.1) is 5.92 Å². The highest BCUT2D eigenvalue weighted by atomic mass is 16.5. The van der Waals surface area contributed by atoms with Crippen molar-refractivity contribution in [3.05, 3.63) is 12.0 Å². The maximum atomic E-state index is 11.7. The van der Waals surface area contributed by atoms with Gasteiger partial charge in [-0.05, 0) is 17.5 Å². The fourth-order valence-electron chi connectivity index (χ4n) is 3.67. The van der Waals surface area contributed by atoms with Crippen molar-refractivity contribution in [2.24, 2.45) is 5.92 Å². The molecule has 1 aliphatic rings. The van der Waals surface area contributed by atoms with Gasteiger partial charge in [0.1, 0.15) is 0 Å². The second-order valence-corrected chi connectivity index (χ2v) is 7.06. The van der Waals surface area contributed by atoms with Crippen LogP contribution >= 0.6 is 0 Å². The number of carbonyl (C=O) groups excluding carboxylic acids is 1. The van der Waals surface area contributed by atoms with E-state index in [1.807, 2.05) is 0 Å². The van der Waals surface area contributed by atoms with Crippen LogP contribution in [0.4, 0.5) is 0 Å². The Morgan fingerprint density at radius 2 is 2.15 bits per heavy atom. The second kappa shape index (κ2) is 9.50. The average Bonchev–Trinajstić information content (AvgIpc) is 3.37. The first-order valence-corrected chi connectivity index (χ1v) is 9.47. The summed E-state index contributed by atoms with van der Waals surface area (Å²) in [6.45, 7) is 0. The van der Waals surface area contributed by atoms with E-state index >= 15 is 0 Å². The molecule has 2 aromatic heterocycles. The Morgan fingerprint density at radius 1 is 1.33 bits per heavy atom. The monoisotopic (exact) mass is 378 g/mol. The number of hydrogen-bond acceptors (Lipinski definition) is 8. The van der Waals surface area contributed by atoms with E-state index in [2.05, 4.69) is 15.3 Å². The topological polar surface area (TPSA) is 124 Å². The maximum Gasteiger partial charge on any atom is 0.254 e. The summed E-state index contributed by atoms with van der Waals surface area (Å²) in [5, 5.41) is 16.5. The van der Waals surface area contributed by atoms with E-state index in [4.69, 9.17) is 19.0 Å². The van der Waals surface area contributed by atoms with Gasteiger partial charge in [-0.1, -0.05) is 50.1 Å². The third-order valence-electron chi connectivity index (χ3n) is 5.16. The molecule has 1 amide bonds. The molecule has 2 aromatic rings. The van der Waals surface area contributed by atoms with E-state index in [-0.39, 0.29) is 18.2 Å². The third-order valence-corrected chi connectivity index (χ3v) is 5.16. The van der Waals surface area contributed by atoms with Crippen molar-refractivity contribution in [1.82, 2.24) is 20.8 Å². The number of nitrogens with one attached hydrogen (secondary N) is 1. The van der Waals surface area contributed by atoms with E-state index < -0.39 is 5.91 Å². The summed E-state index contributed by atoms with van der Waals surface area (Å²) in [6, 6.07) is 1.56. The molecule has 0 spiro atoms. The van der Waals surface area contributed by atoms with Crippen LogP contribution in [-0.2, 0) is 4.79 Å². The molecule has 2 N–H and O–H groups in total. The Morgan fingerprint density at radius 3 is 2.85 bits per heavy atom. The van der Waals surface area contributed by atoms with Crippen LogP contribution in [0.1, 0.15) is 69.6 Å². The first kappa shape index (κ1) is 19.3. The Labute approximate surface area is 157 Å². The van der Waals surface area contributed by atoms with Gasteiger partial charge in [0.15, 0.2) is 0 Å². The van der Waals surface area contributed by atoms with Crippen LogP contribution in [0.15, 0.2) is 15.1 Å². The molecule has 27 heavy (non-hydrogen) atoms. The summed E-state index contributed by atoms with van der Waals surface area (Å²) in [5.74, 6) is 1.29. The Hall–Kier alpha value is -2.42. The van der Waals surface area contributed by atoms with Crippen LogP contribution in [0.2, 0.25) is 0 Å². The molecule has 0 saturated heterocycles. The van der Waals surface area contributed by atoms with E-state index in [9.17, 15) is 4.79 Å². The van der Waals surface area contributed by atoms with Crippen molar-refractivity contribution in [3.8, 4) is 17.5 Å². The van der Waals surface area contributed by atoms with Gasteiger partial charge in [-0.2, -0.15) is 4.98 Å². The minimum Gasteiger partial charge on any atom is -0.479 e. The van der Waals surface area contributed by atoms with Crippen LogP contribution in [0.5, 0.6) is 5.88 Å². The molecule has 0 aliphatic heterocycles. The lowest BCUT2D eigenvalue weighted by Gasteiger charge is -2.22. The summed E-state index contributed by atoms with van der Waals surface area (Å²) < 4.78 is 15.5. The van der Waals surface area contributed by atoms with E-state index in [1.165, 1.54) is 39.2 Å². The summed E-state index contributed by atoms with van der Waals surface area (Å²) in [6.07, 6.45) is 9.49. The molecule has 0 bridgehead atoms. The van der Waals surface area contributed by atoms with Gasteiger partial charge < -0.3 is 13.8 Å². The highest BCUT2D eigenvalue weighted by Crippen LogP contribution is 2.32. The van der Waals surface area contributed by atoms with Gasteiger partial charge in [0, 0.05) is 12.3 Å². The van der Waals surface area contributed by atoms with Crippen LogP contribution in [0.3, 0.4) is 0 Å². The molecule has 1 aliphatic carbocycles. The van der Waals surface area contributed by atoms with Gasteiger partial charge in [-0.25, -0.2) is 5.48 Å². The largest absolute Gasteiger partial charge is 0.479 e. The summed E-state index contributed by atoms with van der Waals surface area (Å²) in [5.41, 5.74) is 1.68. The summed E-state index contributed by atoms with van der Waals surface area (Å²) >= 11 is 0. The number of aromatic nitrogens is 3. The smallest absolute Gasteiger partial charge is 0.254 e. The lowest BCUT2D eigenvalue weighted by molar-refractivity contribution is -0.129. The number of nitrogens with zero attached hydrogens (tertiary/aromatic N) is 3. The zero-order valence-electron chi connectivity index (χ0n) is 15.5. The van der Waals surface area contributed by atoms with E-state index in [1.54, 1.807) is 11.5 Å². The molecule has 1 fully saturated rings. The number of rotatable bonds is 9. The lowest BCUT2D eigenvalue weighted by atomic mass is 9.84. The number of hydroxylamine groups is 1. The summed E-state index contributed by atoms with van der Waals surface area (Å²) in [4.78, 5) is 16.0. The second-order valence-electron chi connectivity index (χ2n) is 7.06. The van der Waals surface area contributed by atoms with Gasteiger partial charge >= 0.3 is 0 Å². The molecule has 1 atom stereocenters. The van der Waals surface area contributed by atoms with Crippen LogP contribution in [-0.4, -0.2) is 33.5 Å². The molecule has 1 saturated carbocycles. The van der Waals surface area contributed by atoms with Gasteiger partial charge in [-0.15, -0.1) is 0 Å². The molecule has 9 heteroatoms. The SMILES string of the molecule is COc1cc(-c2noc([C@H](CCCC3CCCCC3)CC(=O)NO)n2)on1. The van der Waals surface area contributed by atoms with E-state index in [0.717, 1.165) is 25.2 Å². The van der Waals surface area contributed by atoms with Crippen molar-refractivity contribution < 1.29 is 23.8 Å². The zero-order valence-corrected chi connectivity index (χ0v) is 15.5. The number of amides is 1. The minimum absolute atomic E-state index is 0.0858. The van der Waals surface area contributed by atoms with E-state index in [0.29, 0.717) is 17.5 Å². The standard InChI is InChI=1S/C18H26N4O5/c1-25-16-11-14(26-21-16)17-19-18(27-22-17)13(10-15(23)20-24)9-5-8-12-6-3-2-4-7-12/h11-13,24H,2-10H2,1H3,(H,20,23)/t13-/m1/s1. The Balaban J connectivity index is 1.63. The van der Waals surface area contributed by atoms with Crippen LogP contribution in [0.25, 0.3) is 11.6 Å². The number of methoxy groups -OCH3 is 1. The molecule has 2 heterocycles. The van der Waals surface area contributed by atoms with Crippen molar-refractivity contribution in [1.29, 1.82) is 0 Å². The quantitative estimate of drug-likeness (QED) is 0.502. The molecular weight excluding hydrogens is 352 g/mol. The van der Waals surface area contributed by atoms with Crippen molar-refractivity contribution in [3.63, 3.8) is 0 Å². The first-order valence-electron chi connectivity index (χ1n) is 9.47. The third kappa shape index (κ3) is 5.29. The van der Waals surface area contributed by atoms with Crippen molar-refractivity contribution in [2.75, 3.05) is 7.11 Å². The van der Waals surface area contributed by atoms with Gasteiger partial charge in [0.25, 0.3) is 5.88 Å². The molecule has 0 radical (unpaired) electrons. The molecular formula is C18H26N4O5. The Kier molecular flexibility index (Phi) is 6.80. The van der Waals surface area contributed by atoms with Crippen molar-refractivity contribution >= 4 is 5.91 Å². The molecule has 3 rings (SSSR count). The summed E-state index contributed by atoms with van der Waals surface area (Å²) in [7, 11) is 1.49. The molecule has 9 nitrogen and oxygen atoms in total. The Bertz CT molecular complexity index is 723. The number of ether oxygens (including phenoxy) is 1. The molecule has 0 unspecified atom stereocenters. The fourth-order valence-corrected chi connectivity index (χ4v) is 3.67. The highest BCUT2D eigenvalue weighted by molar-refractivity contribution is 5.75. The van der Waals surface area contributed by atoms with Crippen LogP contribution < -0.4 is 10.2 Å². The minimum atomic E-state index is -0.473.